The Kier molecular flexibility index (Phi) is 4.56. The molecule has 5 atom stereocenters. The number of phosphoric acid groups is 1. The normalized spacial score (nSPS) is 37.0. The van der Waals surface area contributed by atoms with Gasteiger partial charge in [0.2, 0.25) is 0 Å². The topological polar surface area (TPSA) is 120 Å². The molecular weight excluding hydrogens is 347 g/mol. The lowest BCUT2D eigenvalue weighted by Gasteiger charge is -2.32. The Morgan fingerprint density at radius 3 is 2.91 bits per heavy atom. The molecule has 23 heavy (non-hydrogen) atoms. The first-order valence-corrected chi connectivity index (χ1v) is 9.46. The molecule has 2 fully saturated rings. The second-order valence-corrected chi connectivity index (χ2v) is 8.48. The summed E-state index contributed by atoms with van der Waals surface area (Å²) in [6.45, 7) is 3.47. The monoisotopic (exact) mass is 364 g/mol. The van der Waals surface area contributed by atoms with E-state index in [2.05, 4.69) is 4.98 Å². The second-order valence-electron chi connectivity index (χ2n) is 5.54. The molecule has 0 bridgehead atoms. The van der Waals surface area contributed by atoms with Gasteiger partial charge in [-0.05, 0) is 13.8 Å². The van der Waals surface area contributed by atoms with Crippen LogP contribution in [0.15, 0.2) is 21.9 Å². The zero-order valence-corrected chi connectivity index (χ0v) is 14.2. The van der Waals surface area contributed by atoms with E-state index in [1.54, 1.807) is 13.8 Å². The number of aromatic amines is 1. The van der Waals surface area contributed by atoms with Gasteiger partial charge in [-0.15, -0.1) is 11.8 Å². The van der Waals surface area contributed by atoms with Gasteiger partial charge in [0.15, 0.2) is 0 Å². The van der Waals surface area contributed by atoms with Gasteiger partial charge < -0.3 is 5.11 Å². The molecule has 0 radical (unpaired) electrons. The highest BCUT2D eigenvalue weighted by Crippen LogP contribution is 2.59. The maximum atomic E-state index is 12.4. The molecule has 0 aromatic carbocycles. The van der Waals surface area contributed by atoms with E-state index < -0.39 is 36.7 Å². The van der Waals surface area contributed by atoms with Crippen LogP contribution in [0.2, 0.25) is 0 Å². The minimum atomic E-state index is -3.73. The van der Waals surface area contributed by atoms with E-state index in [1.807, 2.05) is 0 Å². The summed E-state index contributed by atoms with van der Waals surface area (Å²) >= 11 is 1.26. The SMILES string of the molecule is CC(C)OP1(=O)OC[C@H]2S[C@@H](n3ccc(=O)[nH]c3=O)C(O)C2O1. The molecule has 0 amide bonds. The maximum absolute atomic E-state index is 12.4. The lowest BCUT2D eigenvalue weighted by Crippen LogP contribution is -2.40. The van der Waals surface area contributed by atoms with Gasteiger partial charge in [0.1, 0.15) is 17.6 Å². The number of aliphatic hydroxyl groups excluding tert-OH is 1. The molecule has 3 heterocycles. The molecule has 3 rings (SSSR count). The van der Waals surface area contributed by atoms with Crippen molar-refractivity contribution >= 4 is 19.6 Å². The molecule has 1 aromatic heterocycles. The van der Waals surface area contributed by atoms with E-state index in [9.17, 15) is 19.3 Å². The van der Waals surface area contributed by atoms with Crippen LogP contribution in [0.3, 0.4) is 0 Å². The number of thioether (sulfide) groups is 1. The number of phosphoric ester groups is 1. The van der Waals surface area contributed by atoms with E-state index in [0.29, 0.717) is 0 Å². The van der Waals surface area contributed by atoms with Crippen molar-refractivity contribution in [2.75, 3.05) is 6.61 Å². The summed E-state index contributed by atoms with van der Waals surface area (Å²) in [5.41, 5.74) is -1.15. The molecule has 128 valence electrons. The lowest BCUT2D eigenvalue weighted by molar-refractivity contribution is -0.0332. The fourth-order valence-electron chi connectivity index (χ4n) is 2.50. The van der Waals surface area contributed by atoms with Gasteiger partial charge in [-0.25, -0.2) is 9.36 Å². The van der Waals surface area contributed by atoms with Crippen molar-refractivity contribution in [3.05, 3.63) is 33.1 Å². The molecule has 2 aliphatic heterocycles. The predicted molar refractivity (Wildman–Crippen MR) is 82.4 cm³/mol. The van der Waals surface area contributed by atoms with Crippen LogP contribution in [0.4, 0.5) is 0 Å². The van der Waals surface area contributed by atoms with Crippen LogP contribution < -0.4 is 11.2 Å². The fraction of sp³-hybridized carbons (Fsp3) is 0.667. The number of H-pyrrole nitrogens is 1. The summed E-state index contributed by atoms with van der Waals surface area (Å²) < 4.78 is 29.4. The highest BCUT2D eigenvalue weighted by Gasteiger charge is 2.53. The number of nitrogens with one attached hydrogen (secondary N) is 1. The van der Waals surface area contributed by atoms with Crippen molar-refractivity contribution in [1.29, 1.82) is 0 Å². The van der Waals surface area contributed by atoms with Crippen LogP contribution in [0.5, 0.6) is 0 Å². The van der Waals surface area contributed by atoms with E-state index in [0.717, 1.165) is 0 Å². The zero-order chi connectivity index (χ0) is 16.8. The molecule has 2 N–H and O–H groups in total. The van der Waals surface area contributed by atoms with Crippen LogP contribution in [0, 0.1) is 0 Å². The molecule has 0 spiro atoms. The highest BCUT2D eigenvalue weighted by atomic mass is 32.2. The van der Waals surface area contributed by atoms with E-state index in [1.165, 1.54) is 28.6 Å². The summed E-state index contributed by atoms with van der Waals surface area (Å²) in [5, 5.41) is 9.49. The first-order chi connectivity index (χ1) is 10.8. The van der Waals surface area contributed by atoms with E-state index in [-0.39, 0.29) is 18.0 Å². The molecule has 1 aromatic rings. The first-order valence-electron chi connectivity index (χ1n) is 7.05. The fourth-order valence-corrected chi connectivity index (χ4v) is 5.77. The molecule has 0 saturated carbocycles. The number of fused-ring (bicyclic) bond motifs is 1. The van der Waals surface area contributed by atoms with Crippen molar-refractivity contribution < 1.29 is 23.2 Å². The minimum Gasteiger partial charge on any atom is -0.387 e. The van der Waals surface area contributed by atoms with Crippen LogP contribution in [0.25, 0.3) is 0 Å². The predicted octanol–water partition coefficient (Wildman–Crippen LogP) is 0.460. The third-order valence-corrected chi connectivity index (χ3v) is 6.61. The van der Waals surface area contributed by atoms with Crippen molar-refractivity contribution in [2.24, 2.45) is 0 Å². The zero-order valence-electron chi connectivity index (χ0n) is 12.4. The minimum absolute atomic E-state index is 0.0744. The van der Waals surface area contributed by atoms with Gasteiger partial charge in [0.25, 0.3) is 5.56 Å². The highest BCUT2D eigenvalue weighted by molar-refractivity contribution is 8.00. The lowest BCUT2D eigenvalue weighted by atomic mass is 10.1. The maximum Gasteiger partial charge on any atom is 0.475 e. The van der Waals surface area contributed by atoms with Crippen molar-refractivity contribution in [3.63, 3.8) is 0 Å². The molecule has 11 heteroatoms. The Bertz CT molecular complexity index is 747. The molecular formula is C12H17N2O7PS. The Morgan fingerprint density at radius 1 is 1.52 bits per heavy atom. The number of aliphatic hydroxyl groups is 1. The van der Waals surface area contributed by atoms with Gasteiger partial charge in [-0.3, -0.25) is 27.9 Å². The number of nitrogens with zero attached hydrogens (tertiary/aromatic N) is 1. The summed E-state index contributed by atoms with van der Waals surface area (Å²) in [7, 11) is -3.73. The van der Waals surface area contributed by atoms with Gasteiger partial charge >= 0.3 is 13.5 Å². The summed E-state index contributed by atoms with van der Waals surface area (Å²) in [6.07, 6.45) is -0.935. The summed E-state index contributed by atoms with van der Waals surface area (Å²) in [6, 6.07) is 1.20. The quantitative estimate of drug-likeness (QED) is 0.743. The number of hydrogen-bond acceptors (Lipinski definition) is 8. The largest absolute Gasteiger partial charge is 0.475 e. The smallest absolute Gasteiger partial charge is 0.387 e. The second kappa shape index (κ2) is 6.19. The number of hydrogen-bond donors (Lipinski definition) is 2. The van der Waals surface area contributed by atoms with Crippen LogP contribution >= 0.6 is 19.6 Å². The Morgan fingerprint density at radius 2 is 2.26 bits per heavy atom. The van der Waals surface area contributed by atoms with Gasteiger partial charge in [0.05, 0.1) is 18.0 Å². The van der Waals surface area contributed by atoms with Crippen LogP contribution in [-0.2, 0) is 18.1 Å². The summed E-state index contributed by atoms with van der Waals surface area (Å²) in [4.78, 5) is 25.2. The van der Waals surface area contributed by atoms with Crippen LogP contribution in [0.1, 0.15) is 19.2 Å². The molecule has 9 nitrogen and oxygen atoms in total. The van der Waals surface area contributed by atoms with E-state index >= 15 is 0 Å². The Labute approximate surface area is 135 Å². The molecule has 3 unspecified atom stereocenters. The van der Waals surface area contributed by atoms with Gasteiger partial charge in [0, 0.05) is 12.3 Å². The number of rotatable bonds is 3. The van der Waals surface area contributed by atoms with Crippen molar-refractivity contribution in [1.82, 2.24) is 9.55 Å². The standard InChI is InChI=1S/C12H17N2O7PS/c1-6(2)20-22(18)19-5-7-10(21-22)9(16)11(23-7)14-4-3-8(15)13-12(14)17/h3-4,6-7,9-11,16H,5H2,1-2H3,(H,13,15,17)/t7-,9?,10?,11-,22?/m1/s1. The third kappa shape index (κ3) is 3.33. The average Bonchev–Trinajstić information content (AvgIpc) is 2.75. The molecule has 0 aliphatic carbocycles. The van der Waals surface area contributed by atoms with E-state index in [4.69, 9.17) is 13.6 Å². The molecule has 2 aliphatic rings. The Hall–Kier alpha value is -0.900. The number of aromatic nitrogens is 2. The molecule has 2 saturated heterocycles. The summed E-state index contributed by atoms with van der Waals surface area (Å²) in [5.74, 6) is 0. The Balaban J connectivity index is 1.83. The van der Waals surface area contributed by atoms with Crippen LogP contribution in [-0.4, -0.2) is 44.8 Å². The third-order valence-electron chi connectivity index (χ3n) is 3.42. The average molecular weight is 364 g/mol. The van der Waals surface area contributed by atoms with Gasteiger partial charge in [-0.2, -0.15) is 0 Å². The van der Waals surface area contributed by atoms with Gasteiger partial charge in [-0.1, -0.05) is 0 Å². The van der Waals surface area contributed by atoms with Crippen molar-refractivity contribution in [3.8, 4) is 0 Å². The van der Waals surface area contributed by atoms with Crippen molar-refractivity contribution in [2.45, 2.75) is 42.8 Å². The first kappa shape index (κ1) is 16.9.